The van der Waals surface area contributed by atoms with Crippen LogP contribution in [0.1, 0.15) is 65.6 Å². The molecule has 1 unspecified atom stereocenters. The van der Waals surface area contributed by atoms with Gasteiger partial charge in [-0.1, -0.05) is 18.6 Å². The smallest absolute Gasteiger partial charge is 0.253 e. The molecule has 31 heavy (non-hydrogen) atoms. The predicted octanol–water partition coefficient (Wildman–Crippen LogP) is 3.33. The van der Waals surface area contributed by atoms with Crippen molar-refractivity contribution in [2.24, 2.45) is 5.73 Å². The third kappa shape index (κ3) is 4.94. The van der Waals surface area contributed by atoms with Gasteiger partial charge in [0.1, 0.15) is 5.82 Å². The van der Waals surface area contributed by atoms with Gasteiger partial charge in [0.15, 0.2) is 0 Å². The Kier molecular flexibility index (Phi) is 6.94. The van der Waals surface area contributed by atoms with Crippen LogP contribution in [0.25, 0.3) is 11.0 Å². The molecule has 3 aromatic rings. The number of aromatic nitrogens is 3. The van der Waals surface area contributed by atoms with Crippen LogP contribution in [0.15, 0.2) is 36.5 Å². The molecule has 0 spiro atoms. The zero-order chi connectivity index (χ0) is 21.6. The van der Waals surface area contributed by atoms with Crippen LogP contribution in [0.4, 0.5) is 0 Å². The summed E-state index contributed by atoms with van der Waals surface area (Å²) in [7, 11) is 2.12. The van der Waals surface area contributed by atoms with Crippen molar-refractivity contribution >= 4 is 16.9 Å². The van der Waals surface area contributed by atoms with Gasteiger partial charge in [-0.15, -0.1) is 0 Å². The molecule has 0 fully saturated rings. The first-order chi connectivity index (χ1) is 15.2. The first kappa shape index (κ1) is 21.5. The molecule has 2 heterocycles. The van der Waals surface area contributed by atoms with Gasteiger partial charge in [0.05, 0.1) is 34.9 Å². The summed E-state index contributed by atoms with van der Waals surface area (Å²) in [5.74, 6) is 0.802. The van der Waals surface area contributed by atoms with Gasteiger partial charge in [0, 0.05) is 12.7 Å². The molecule has 1 atom stereocenters. The number of carbonyl (C=O) groups is 1. The molecule has 2 aromatic heterocycles. The standard InChI is InChI=1S/C24H32N6O/c1-30(20-12-5-8-17-9-7-15-26-22(17)20)16-21-28-19-11-6-10-18(23(19)29-21)24(31)27-14-4-2-3-13-25/h6-7,9-11,15,20H,2-5,8,12-14,16,25H2,1H3,(H,27,31)(H,28,29). The number of H-pyrrole nitrogens is 1. The van der Waals surface area contributed by atoms with Crippen LogP contribution >= 0.6 is 0 Å². The number of benzene rings is 1. The van der Waals surface area contributed by atoms with E-state index in [1.165, 1.54) is 17.7 Å². The van der Waals surface area contributed by atoms with E-state index in [0.717, 1.165) is 49.0 Å². The number of unbranched alkanes of at least 4 members (excludes halogenated alkanes) is 2. The third-order valence-corrected chi connectivity index (χ3v) is 6.07. The number of hydrogen-bond acceptors (Lipinski definition) is 5. The summed E-state index contributed by atoms with van der Waals surface area (Å²) in [6.45, 7) is 2.03. The summed E-state index contributed by atoms with van der Waals surface area (Å²) in [6, 6.07) is 10.2. The third-order valence-electron chi connectivity index (χ3n) is 6.07. The van der Waals surface area contributed by atoms with E-state index < -0.39 is 0 Å². The van der Waals surface area contributed by atoms with Gasteiger partial charge in [0.25, 0.3) is 5.91 Å². The minimum atomic E-state index is -0.0627. The fourth-order valence-corrected chi connectivity index (χ4v) is 4.45. The number of nitrogens with one attached hydrogen (secondary N) is 2. The molecule has 0 bridgehead atoms. The zero-order valence-electron chi connectivity index (χ0n) is 18.2. The molecule has 7 nitrogen and oxygen atoms in total. The van der Waals surface area contributed by atoms with E-state index in [1.54, 1.807) is 0 Å². The van der Waals surface area contributed by atoms with Crippen LogP contribution in [-0.4, -0.2) is 45.9 Å². The van der Waals surface area contributed by atoms with Gasteiger partial charge in [-0.25, -0.2) is 4.98 Å². The van der Waals surface area contributed by atoms with E-state index in [2.05, 4.69) is 33.3 Å². The van der Waals surface area contributed by atoms with Crippen molar-refractivity contribution in [3.8, 4) is 0 Å². The fourth-order valence-electron chi connectivity index (χ4n) is 4.45. The summed E-state index contributed by atoms with van der Waals surface area (Å²) in [4.78, 5) is 27.8. The summed E-state index contributed by atoms with van der Waals surface area (Å²) >= 11 is 0. The average molecular weight is 421 g/mol. The van der Waals surface area contributed by atoms with E-state index in [9.17, 15) is 4.79 Å². The topological polar surface area (TPSA) is 99.9 Å². The number of rotatable bonds is 9. The Morgan fingerprint density at radius 3 is 3.03 bits per heavy atom. The number of para-hydroxylation sites is 1. The maximum absolute atomic E-state index is 12.7. The minimum absolute atomic E-state index is 0.0627. The molecular formula is C24H32N6O. The maximum atomic E-state index is 12.7. The average Bonchev–Trinajstić information content (AvgIpc) is 3.20. The molecule has 1 amide bonds. The van der Waals surface area contributed by atoms with Gasteiger partial charge in [-0.3, -0.25) is 14.7 Å². The highest BCUT2D eigenvalue weighted by molar-refractivity contribution is 6.04. The highest BCUT2D eigenvalue weighted by Gasteiger charge is 2.25. The van der Waals surface area contributed by atoms with Gasteiger partial charge in [-0.05, 0) is 69.5 Å². The van der Waals surface area contributed by atoms with E-state index in [1.807, 2.05) is 30.5 Å². The lowest BCUT2D eigenvalue weighted by atomic mass is 9.91. The van der Waals surface area contributed by atoms with Crippen LogP contribution in [0.2, 0.25) is 0 Å². The van der Waals surface area contributed by atoms with E-state index in [-0.39, 0.29) is 11.9 Å². The second kappa shape index (κ2) is 10.0. The number of hydrogen-bond donors (Lipinski definition) is 3. The molecular weight excluding hydrogens is 388 g/mol. The Bertz CT molecular complexity index is 1030. The SMILES string of the molecule is CN(Cc1nc2cccc(C(=O)NCCCCCN)c2[nH]1)C1CCCc2cccnc21. The maximum Gasteiger partial charge on any atom is 0.253 e. The highest BCUT2D eigenvalue weighted by atomic mass is 16.1. The number of aryl methyl sites for hydroxylation is 1. The van der Waals surface area contributed by atoms with Crippen LogP contribution in [0.3, 0.4) is 0 Å². The Hall–Kier alpha value is -2.77. The second-order valence-electron chi connectivity index (χ2n) is 8.36. The summed E-state index contributed by atoms with van der Waals surface area (Å²) in [5, 5.41) is 3.02. The van der Waals surface area contributed by atoms with Crippen molar-refractivity contribution < 1.29 is 4.79 Å². The number of pyridine rings is 1. The van der Waals surface area contributed by atoms with E-state index in [4.69, 9.17) is 10.7 Å². The number of nitrogens with two attached hydrogens (primary N) is 1. The number of fused-ring (bicyclic) bond motifs is 2. The van der Waals surface area contributed by atoms with Crippen molar-refractivity contribution in [3.05, 3.63) is 59.2 Å². The van der Waals surface area contributed by atoms with Gasteiger partial charge >= 0.3 is 0 Å². The quantitative estimate of drug-likeness (QED) is 0.461. The molecule has 1 aromatic carbocycles. The number of carbonyl (C=O) groups excluding carboxylic acids is 1. The number of aromatic amines is 1. The summed E-state index contributed by atoms with van der Waals surface area (Å²) < 4.78 is 0. The lowest BCUT2D eigenvalue weighted by Gasteiger charge is -2.31. The van der Waals surface area contributed by atoms with E-state index >= 15 is 0 Å². The number of nitrogens with zero attached hydrogens (tertiary/aromatic N) is 3. The highest BCUT2D eigenvalue weighted by Crippen LogP contribution is 2.32. The molecule has 4 rings (SSSR count). The number of amides is 1. The predicted molar refractivity (Wildman–Crippen MR) is 123 cm³/mol. The lowest BCUT2D eigenvalue weighted by Crippen LogP contribution is -2.28. The first-order valence-electron chi connectivity index (χ1n) is 11.3. The summed E-state index contributed by atoms with van der Waals surface area (Å²) in [6.07, 6.45) is 8.21. The van der Waals surface area contributed by atoms with Crippen LogP contribution < -0.4 is 11.1 Å². The molecule has 0 aliphatic heterocycles. The zero-order valence-corrected chi connectivity index (χ0v) is 18.2. The van der Waals surface area contributed by atoms with E-state index in [0.29, 0.717) is 25.2 Å². The minimum Gasteiger partial charge on any atom is -0.352 e. The summed E-state index contributed by atoms with van der Waals surface area (Å²) in [5.41, 5.74) is 10.3. The molecule has 0 saturated heterocycles. The van der Waals surface area contributed by atoms with Crippen LogP contribution in [-0.2, 0) is 13.0 Å². The van der Waals surface area contributed by atoms with Gasteiger partial charge in [-0.2, -0.15) is 0 Å². The van der Waals surface area contributed by atoms with Crippen molar-refractivity contribution in [2.75, 3.05) is 20.1 Å². The number of imidazole rings is 1. The first-order valence-corrected chi connectivity index (χ1v) is 11.3. The molecule has 1 aliphatic carbocycles. The van der Waals surface area contributed by atoms with Crippen LogP contribution in [0.5, 0.6) is 0 Å². The Morgan fingerprint density at radius 1 is 1.26 bits per heavy atom. The molecule has 4 N–H and O–H groups in total. The normalized spacial score (nSPS) is 15.9. The molecule has 164 valence electrons. The van der Waals surface area contributed by atoms with Gasteiger partial charge < -0.3 is 16.0 Å². The Labute approximate surface area is 183 Å². The second-order valence-corrected chi connectivity index (χ2v) is 8.36. The molecule has 7 heteroatoms. The largest absolute Gasteiger partial charge is 0.352 e. The molecule has 1 aliphatic rings. The van der Waals surface area contributed by atoms with Crippen molar-refractivity contribution in [3.63, 3.8) is 0 Å². The lowest BCUT2D eigenvalue weighted by molar-refractivity contribution is 0.0954. The fraction of sp³-hybridized carbons (Fsp3) is 0.458. The van der Waals surface area contributed by atoms with Crippen molar-refractivity contribution in [2.45, 2.75) is 51.1 Å². The Morgan fingerprint density at radius 2 is 2.16 bits per heavy atom. The molecule has 0 radical (unpaired) electrons. The van der Waals surface area contributed by atoms with Crippen LogP contribution in [0, 0.1) is 0 Å². The van der Waals surface area contributed by atoms with Gasteiger partial charge in [0.2, 0.25) is 0 Å². The monoisotopic (exact) mass is 420 g/mol. The van der Waals surface area contributed by atoms with Crippen molar-refractivity contribution in [1.82, 2.24) is 25.2 Å². The Balaban J connectivity index is 1.46. The molecule has 0 saturated carbocycles. The van der Waals surface area contributed by atoms with Crippen molar-refractivity contribution in [1.29, 1.82) is 0 Å².